The van der Waals surface area contributed by atoms with Gasteiger partial charge in [-0.25, -0.2) is 0 Å². The highest BCUT2D eigenvalue weighted by Crippen LogP contribution is 2.23. The monoisotopic (exact) mass is 325 g/mol. The minimum absolute atomic E-state index is 0.0487. The third kappa shape index (κ3) is 4.18. The number of thioether (sulfide) groups is 1. The molecule has 112 valence electrons. The summed E-state index contributed by atoms with van der Waals surface area (Å²) in [5.74, 6) is 0.213. The number of halogens is 1. The van der Waals surface area contributed by atoms with Crippen LogP contribution in [0, 0.1) is 6.92 Å². The van der Waals surface area contributed by atoms with E-state index in [1.807, 2.05) is 32.9 Å². The molecule has 0 unspecified atom stereocenters. The highest BCUT2D eigenvalue weighted by molar-refractivity contribution is 7.99. The summed E-state index contributed by atoms with van der Waals surface area (Å²) < 4.78 is 1.59. The average molecular weight is 326 g/mol. The SMILES string of the molecule is Cc1ccc(Cl)cc1-n1nnnc1SCC(=O)NC(C)C. The first-order valence-electron chi connectivity index (χ1n) is 6.44. The lowest BCUT2D eigenvalue weighted by molar-refractivity contribution is -0.119. The molecule has 0 saturated heterocycles. The molecule has 0 atom stereocenters. The van der Waals surface area contributed by atoms with E-state index in [-0.39, 0.29) is 17.7 Å². The molecule has 1 amide bonds. The van der Waals surface area contributed by atoms with E-state index in [4.69, 9.17) is 11.6 Å². The van der Waals surface area contributed by atoms with Crippen molar-refractivity contribution in [2.45, 2.75) is 32.0 Å². The Morgan fingerprint density at radius 2 is 2.24 bits per heavy atom. The minimum atomic E-state index is -0.0487. The van der Waals surface area contributed by atoms with E-state index >= 15 is 0 Å². The van der Waals surface area contributed by atoms with Crippen LogP contribution in [0.4, 0.5) is 0 Å². The van der Waals surface area contributed by atoms with Gasteiger partial charge >= 0.3 is 0 Å². The van der Waals surface area contributed by atoms with Gasteiger partial charge in [0.15, 0.2) is 0 Å². The lowest BCUT2D eigenvalue weighted by Crippen LogP contribution is -2.31. The predicted octanol–water partition coefficient (Wildman–Crippen LogP) is 2.24. The molecule has 0 aliphatic heterocycles. The number of carbonyl (C=O) groups excluding carboxylic acids is 1. The molecule has 0 bridgehead atoms. The number of benzene rings is 1. The molecule has 0 spiro atoms. The number of tetrazole rings is 1. The summed E-state index contributed by atoms with van der Waals surface area (Å²) in [4.78, 5) is 11.7. The number of nitrogens with zero attached hydrogens (tertiary/aromatic N) is 4. The van der Waals surface area contributed by atoms with E-state index in [0.29, 0.717) is 10.2 Å². The Balaban J connectivity index is 2.15. The molecule has 1 aromatic carbocycles. The number of nitrogens with one attached hydrogen (secondary N) is 1. The van der Waals surface area contributed by atoms with Crippen molar-refractivity contribution >= 4 is 29.3 Å². The molecule has 0 saturated carbocycles. The fraction of sp³-hybridized carbons (Fsp3) is 0.385. The average Bonchev–Trinajstić information content (AvgIpc) is 2.86. The van der Waals surface area contributed by atoms with Crippen LogP contribution >= 0.6 is 23.4 Å². The van der Waals surface area contributed by atoms with Gasteiger partial charge < -0.3 is 5.32 Å². The molecule has 0 aliphatic carbocycles. The molecule has 2 aromatic rings. The summed E-state index contributed by atoms with van der Waals surface area (Å²) in [6.07, 6.45) is 0. The molecule has 6 nitrogen and oxygen atoms in total. The number of hydrogen-bond donors (Lipinski definition) is 1. The second kappa shape index (κ2) is 6.91. The maximum absolute atomic E-state index is 11.7. The minimum Gasteiger partial charge on any atom is -0.353 e. The maximum atomic E-state index is 11.7. The van der Waals surface area contributed by atoms with E-state index in [1.54, 1.807) is 10.7 Å². The van der Waals surface area contributed by atoms with Crippen LogP contribution in [0.15, 0.2) is 23.4 Å². The molecule has 1 aromatic heterocycles. The quantitative estimate of drug-likeness (QED) is 0.853. The molecule has 21 heavy (non-hydrogen) atoms. The summed E-state index contributed by atoms with van der Waals surface area (Å²) in [7, 11) is 0. The first kappa shape index (κ1) is 15.8. The second-order valence-electron chi connectivity index (χ2n) is 4.81. The van der Waals surface area contributed by atoms with Gasteiger partial charge in [0.25, 0.3) is 0 Å². The van der Waals surface area contributed by atoms with E-state index in [9.17, 15) is 4.79 Å². The van der Waals surface area contributed by atoms with Crippen LogP contribution in [0.5, 0.6) is 0 Å². The van der Waals surface area contributed by atoms with Gasteiger partial charge in [0.2, 0.25) is 11.1 Å². The van der Waals surface area contributed by atoms with Crippen LogP contribution in [-0.4, -0.2) is 37.9 Å². The van der Waals surface area contributed by atoms with Crippen LogP contribution in [0.25, 0.3) is 5.69 Å². The van der Waals surface area contributed by atoms with Crippen molar-refractivity contribution < 1.29 is 4.79 Å². The zero-order valence-electron chi connectivity index (χ0n) is 12.0. The molecule has 0 fully saturated rings. The number of aryl methyl sites for hydroxylation is 1. The van der Waals surface area contributed by atoms with Gasteiger partial charge in [-0.05, 0) is 48.9 Å². The summed E-state index contributed by atoms with van der Waals surface area (Å²) in [6, 6.07) is 5.63. The van der Waals surface area contributed by atoms with E-state index in [2.05, 4.69) is 20.8 Å². The molecule has 1 N–H and O–H groups in total. The van der Waals surface area contributed by atoms with E-state index in [0.717, 1.165) is 11.3 Å². The Morgan fingerprint density at radius 3 is 2.95 bits per heavy atom. The standard InChI is InChI=1S/C13H16ClN5OS/c1-8(2)15-12(20)7-21-13-16-17-18-19(13)11-6-10(14)5-4-9(11)3/h4-6,8H,7H2,1-3H3,(H,15,20). The largest absolute Gasteiger partial charge is 0.353 e. The van der Waals surface area contributed by atoms with Crippen LogP contribution in [-0.2, 0) is 4.79 Å². The van der Waals surface area contributed by atoms with Gasteiger partial charge in [-0.1, -0.05) is 29.4 Å². The summed E-state index contributed by atoms with van der Waals surface area (Å²) in [6.45, 7) is 5.79. The maximum Gasteiger partial charge on any atom is 0.230 e. The fourth-order valence-corrected chi connectivity index (χ4v) is 2.59. The van der Waals surface area contributed by atoms with Gasteiger partial charge in [0.1, 0.15) is 0 Å². The van der Waals surface area contributed by atoms with E-state index < -0.39 is 0 Å². The summed E-state index contributed by atoms with van der Waals surface area (Å²) in [5.41, 5.74) is 1.81. The van der Waals surface area contributed by atoms with Crippen LogP contribution in [0.2, 0.25) is 5.02 Å². The molecule has 1 heterocycles. The molecule has 2 rings (SSSR count). The van der Waals surface area contributed by atoms with Gasteiger partial charge in [-0.2, -0.15) is 4.68 Å². The lowest BCUT2D eigenvalue weighted by Gasteiger charge is -2.09. The lowest BCUT2D eigenvalue weighted by atomic mass is 10.2. The van der Waals surface area contributed by atoms with Crippen LogP contribution in [0.1, 0.15) is 19.4 Å². The molecular formula is C13H16ClN5OS. The second-order valence-corrected chi connectivity index (χ2v) is 6.19. The van der Waals surface area contributed by atoms with Crippen molar-refractivity contribution in [2.24, 2.45) is 0 Å². The third-order valence-electron chi connectivity index (χ3n) is 2.62. The van der Waals surface area contributed by atoms with Crippen molar-refractivity contribution in [3.8, 4) is 5.69 Å². The smallest absolute Gasteiger partial charge is 0.230 e. The Bertz CT molecular complexity index is 643. The molecule has 8 heteroatoms. The van der Waals surface area contributed by atoms with Crippen LogP contribution < -0.4 is 5.32 Å². The predicted molar refractivity (Wildman–Crippen MR) is 82.9 cm³/mol. The zero-order chi connectivity index (χ0) is 15.4. The Labute approximate surface area is 132 Å². The van der Waals surface area contributed by atoms with Crippen LogP contribution in [0.3, 0.4) is 0 Å². The zero-order valence-corrected chi connectivity index (χ0v) is 13.6. The number of rotatable bonds is 5. The highest BCUT2D eigenvalue weighted by atomic mass is 35.5. The Hall–Kier alpha value is -1.60. The van der Waals surface area contributed by atoms with Gasteiger partial charge in [0.05, 0.1) is 11.4 Å². The van der Waals surface area contributed by atoms with Gasteiger partial charge in [0, 0.05) is 11.1 Å². The number of carbonyl (C=O) groups is 1. The first-order chi connectivity index (χ1) is 9.97. The normalized spacial score (nSPS) is 10.9. The van der Waals surface area contributed by atoms with E-state index in [1.165, 1.54) is 11.8 Å². The fourth-order valence-electron chi connectivity index (χ4n) is 1.72. The Morgan fingerprint density at radius 1 is 1.48 bits per heavy atom. The third-order valence-corrected chi connectivity index (χ3v) is 3.78. The highest BCUT2D eigenvalue weighted by Gasteiger charge is 2.13. The van der Waals surface area contributed by atoms with Gasteiger partial charge in [-0.3, -0.25) is 4.79 Å². The summed E-state index contributed by atoms with van der Waals surface area (Å²) in [5, 5.41) is 15.6. The topological polar surface area (TPSA) is 72.7 Å². The van der Waals surface area contributed by atoms with Crippen molar-refractivity contribution in [3.63, 3.8) is 0 Å². The van der Waals surface area contributed by atoms with Crippen molar-refractivity contribution in [1.29, 1.82) is 0 Å². The number of amides is 1. The number of hydrogen-bond acceptors (Lipinski definition) is 5. The molecule has 0 aliphatic rings. The van der Waals surface area contributed by atoms with Crippen molar-refractivity contribution in [3.05, 3.63) is 28.8 Å². The number of aromatic nitrogens is 4. The Kier molecular flexibility index (Phi) is 5.19. The summed E-state index contributed by atoms with van der Waals surface area (Å²) >= 11 is 7.30. The van der Waals surface area contributed by atoms with Crippen molar-refractivity contribution in [1.82, 2.24) is 25.5 Å². The van der Waals surface area contributed by atoms with Gasteiger partial charge in [-0.15, -0.1) is 5.10 Å². The van der Waals surface area contributed by atoms with Crippen molar-refractivity contribution in [2.75, 3.05) is 5.75 Å². The molecular weight excluding hydrogens is 310 g/mol. The molecule has 0 radical (unpaired) electrons. The first-order valence-corrected chi connectivity index (χ1v) is 7.81.